The summed E-state index contributed by atoms with van der Waals surface area (Å²) < 4.78 is 0. The van der Waals surface area contributed by atoms with Crippen molar-refractivity contribution in [1.82, 2.24) is 0 Å². The summed E-state index contributed by atoms with van der Waals surface area (Å²) in [4.78, 5) is 21.0. The second-order valence-electron chi connectivity index (χ2n) is 2.64. The van der Waals surface area contributed by atoms with Gasteiger partial charge in [0.1, 0.15) is 0 Å². The van der Waals surface area contributed by atoms with Crippen LogP contribution < -0.4 is 0 Å². The Morgan fingerprint density at radius 3 is 2.07 bits per heavy atom. The molecule has 0 saturated heterocycles. The van der Waals surface area contributed by atoms with Crippen LogP contribution in [0.1, 0.15) is 26.3 Å². The molecule has 1 aromatic carbocycles. The predicted molar refractivity (Wildman–Crippen MR) is 52.2 cm³/mol. The number of aryl methyl sites for hydroxylation is 1. The molecule has 0 aromatic heterocycles. The minimum absolute atomic E-state index is 0. The number of hydrogen-bond acceptors (Lipinski definition) is 2. The Labute approximate surface area is 92.7 Å². The Morgan fingerprint density at radius 1 is 1.14 bits per heavy atom. The normalized spacial score (nSPS) is 8.93. The molecule has 0 aliphatic heterocycles. The molecule has 0 aliphatic carbocycles. The Hall–Kier alpha value is -1.24. The van der Waals surface area contributed by atoms with Gasteiger partial charge in [0, 0.05) is 0 Å². The summed E-state index contributed by atoms with van der Waals surface area (Å²) >= 11 is 0. The van der Waals surface area contributed by atoms with Crippen LogP contribution in [0, 0.1) is 6.92 Å². The van der Waals surface area contributed by atoms with Crippen molar-refractivity contribution in [3.05, 3.63) is 34.9 Å². The number of benzene rings is 1. The van der Waals surface area contributed by atoms with E-state index in [1.165, 1.54) is 18.2 Å². The molecule has 0 saturated carbocycles. The van der Waals surface area contributed by atoms with E-state index < -0.39 is 11.9 Å². The number of aromatic carboxylic acids is 2. The molecule has 0 fully saturated rings. The molecule has 1 rings (SSSR count). The van der Waals surface area contributed by atoms with Gasteiger partial charge in [-0.05, 0) is 30.7 Å². The summed E-state index contributed by atoms with van der Waals surface area (Å²) in [5, 5.41) is 17.2. The fourth-order valence-corrected chi connectivity index (χ4v) is 1.04. The van der Waals surface area contributed by atoms with Crippen LogP contribution in [-0.4, -0.2) is 41.0 Å². The predicted octanol–water partition coefficient (Wildman–Crippen LogP) is 0.743. The van der Waals surface area contributed by atoms with Gasteiger partial charge in [-0.3, -0.25) is 0 Å². The van der Waals surface area contributed by atoms with Gasteiger partial charge in [-0.1, -0.05) is 0 Å². The second-order valence-corrected chi connectivity index (χ2v) is 2.64. The van der Waals surface area contributed by atoms with Gasteiger partial charge in [0.25, 0.3) is 0 Å². The van der Waals surface area contributed by atoms with Gasteiger partial charge in [-0.2, -0.15) is 0 Å². The van der Waals surface area contributed by atoms with E-state index in [2.05, 4.69) is 0 Å². The zero-order valence-corrected chi connectivity index (χ0v) is 6.94. The Balaban J connectivity index is 0.00000169. The number of carboxylic acids is 2. The fraction of sp³-hybridized carbons (Fsp3) is 0.111. The van der Waals surface area contributed by atoms with E-state index >= 15 is 0 Å². The molecule has 0 spiro atoms. The van der Waals surface area contributed by atoms with Gasteiger partial charge in [-0.25, -0.2) is 9.59 Å². The minimum atomic E-state index is -1.06. The van der Waals surface area contributed by atoms with E-state index in [1.54, 1.807) is 6.92 Å². The van der Waals surface area contributed by atoms with Crippen molar-refractivity contribution < 1.29 is 19.8 Å². The molecule has 0 aliphatic rings. The topological polar surface area (TPSA) is 74.6 Å². The van der Waals surface area contributed by atoms with Crippen LogP contribution in [0.4, 0.5) is 0 Å². The first-order valence-corrected chi connectivity index (χ1v) is 3.59. The van der Waals surface area contributed by atoms with Crippen LogP contribution in [0.15, 0.2) is 18.2 Å². The van der Waals surface area contributed by atoms with Crippen molar-refractivity contribution in [3.8, 4) is 0 Å². The van der Waals surface area contributed by atoms with E-state index in [0.717, 1.165) is 0 Å². The summed E-state index contributed by atoms with van der Waals surface area (Å²) in [6.07, 6.45) is 0. The zero-order valence-electron chi connectivity index (χ0n) is 6.94. The molecule has 0 bridgehead atoms. The zero-order chi connectivity index (χ0) is 10.0. The Bertz CT molecular complexity index is 373. The molecular formula is C9H9LiO4. The molecule has 1 aromatic rings. The summed E-state index contributed by atoms with van der Waals surface area (Å²) in [6, 6.07) is 3.91. The van der Waals surface area contributed by atoms with Gasteiger partial charge < -0.3 is 10.2 Å². The van der Waals surface area contributed by atoms with Crippen LogP contribution in [0.2, 0.25) is 0 Å². The quantitative estimate of drug-likeness (QED) is 0.671. The molecule has 5 heteroatoms. The molecule has 14 heavy (non-hydrogen) atoms. The van der Waals surface area contributed by atoms with E-state index in [4.69, 9.17) is 10.2 Å². The van der Waals surface area contributed by atoms with Gasteiger partial charge in [0.05, 0.1) is 11.1 Å². The first-order valence-electron chi connectivity index (χ1n) is 3.59. The van der Waals surface area contributed by atoms with Gasteiger partial charge in [-0.15, -0.1) is 0 Å². The van der Waals surface area contributed by atoms with Crippen molar-refractivity contribution in [2.24, 2.45) is 0 Å². The van der Waals surface area contributed by atoms with Crippen LogP contribution >= 0.6 is 0 Å². The average Bonchev–Trinajstić information content (AvgIpc) is 2.03. The molecule has 70 valence electrons. The Morgan fingerprint density at radius 2 is 1.71 bits per heavy atom. The fourth-order valence-electron chi connectivity index (χ4n) is 1.04. The number of rotatable bonds is 2. The molecule has 0 unspecified atom stereocenters. The molecule has 0 radical (unpaired) electrons. The number of carboxylic acid groups (broad SMARTS) is 2. The van der Waals surface area contributed by atoms with Gasteiger partial charge in [0.15, 0.2) is 0 Å². The molecule has 2 N–H and O–H groups in total. The van der Waals surface area contributed by atoms with Crippen molar-refractivity contribution in [3.63, 3.8) is 0 Å². The van der Waals surface area contributed by atoms with Crippen molar-refractivity contribution in [2.75, 3.05) is 0 Å². The first-order chi connectivity index (χ1) is 6.02. The summed E-state index contributed by atoms with van der Waals surface area (Å²) in [5.41, 5.74) is 0.680. The summed E-state index contributed by atoms with van der Waals surface area (Å²) in [5.74, 6) is -2.10. The van der Waals surface area contributed by atoms with Crippen molar-refractivity contribution in [1.29, 1.82) is 0 Å². The van der Waals surface area contributed by atoms with E-state index in [0.29, 0.717) is 5.56 Å². The Kier molecular flexibility index (Phi) is 4.42. The third-order valence-corrected chi connectivity index (χ3v) is 1.70. The third-order valence-electron chi connectivity index (χ3n) is 1.70. The van der Waals surface area contributed by atoms with Gasteiger partial charge >= 0.3 is 30.8 Å². The van der Waals surface area contributed by atoms with Crippen LogP contribution in [0.3, 0.4) is 0 Å². The SMILES string of the molecule is Cc1cc(C(=O)O)ccc1C(=O)O.[LiH]. The van der Waals surface area contributed by atoms with E-state index in [1.807, 2.05) is 0 Å². The maximum absolute atomic E-state index is 10.6. The van der Waals surface area contributed by atoms with Crippen molar-refractivity contribution >= 4 is 30.8 Å². The summed E-state index contributed by atoms with van der Waals surface area (Å²) in [7, 11) is 0. The monoisotopic (exact) mass is 188 g/mol. The molecular weight excluding hydrogens is 179 g/mol. The van der Waals surface area contributed by atoms with Crippen molar-refractivity contribution in [2.45, 2.75) is 6.92 Å². The first kappa shape index (κ1) is 12.8. The average molecular weight is 188 g/mol. The second kappa shape index (κ2) is 4.85. The van der Waals surface area contributed by atoms with E-state index in [9.17, 15) is 9.59 Å². The van der Waals surface area contributed by atoms with Crippen LogP contribution in [0.25, 0.3) is 0 Å². The van der Waals surface area contributed by atoms with Crippen LogP contribution in [-0.2, 0) is 0 Å². The standard InChI is InChI=1S/C9H8O4.Li.H/c1-5-4-6(8(10)11)2-3-7(5)9(12)13;;/h2-4H,1H3,(H,10,11)(H,12,13);;. The van der Waals surface area contributed by atoms with Gasteiger partial charge in [0.2, 0.25) is 0 Å². The van der Waals surface area contributed by atoms with E-state index in [-0.39, 0.29) is 30.0 Å². The summed E-state index contributed by atoms with van der Waals surface area (Å²) in [6.45, 7) is 1.57. The number of carbonyl (C=O) groups is 2. The molecule has 0 heterocycles. The molecule has 0 amide bonds. The molecule has 0 atom stereocenters. The molecule has 4 nitrogen and oxygen atoms in total. The van der Waals surface area contributed by atoms with Crippen LogP contribution in [0.5, 0.6) is 0 Å². The third kappa shape index (κ3) is 2.62. The maximum atomic E-state index is 10.6. The number of hydrogen-bond donors (Lipinski definition) is 2.